The molecule has 10 nitrogen and oxygen atoms in total. The summed E-state index contributed by atoms with van der Waals surface area (Å²) in [6, 6.07) is 12.7. The highest BCUT2D eigenvalue weighted by Gasteiger charge is 2.17. The van der Waals surface area contributed by atoms with E-state index in [1.165, 1.54) is 7.11 Å². The molecule has 0 bridgehead atoms. The number of hydrogen-bond donors (Lipinski definition) is 3. The summed E-state index contributed by atoms with van der Waals surface area (Å²) in [6.07, 6.45) is 3.51. The van der Waals surface area contributed by atoms with Gasteiger partial charge in [0.25, 0.3) is 5.91 Å². The smallest absolute Gasteiger partial charge is 0.255 e. The highest BCUT2D eigenvalue weighted by Crippen LogP contribution is 2.30. The van der Waals surface area contributed by atoms with Gasteiger partial charge in [0.05, 0.1) is 37.3 Å². The molecule has 1 aliphatic heterocycles. The molecule has 37 heavy (non-hydrogen) atoms. The number of likely N-dealkylation sites (N-methyl/N-ethyl adjacent to an activating group) is 1. The Balaban J connectivity index is 1.45. The molecule has 4 rings (SSSR count). The predicted molar refractivity (Wildman–Crippen MR) is 144 cm³/mol. The molecule has 2 aromatic carbocycles. The highest BCUT2D eigenvalue weighted by atomic mass is 16.5. The van der Waals surface area contributed by atoms with E-state index in [9.17, 15) is 4.79 Å². The molecule has 2 heterocycles. The van der Waals surface area contributed by atoms with E-state index in [0.29, 0.717) is 59.8 Å². The SMILES string of the molecule is COc1cc(Nc2nccc(-c3ccc(OC4CCOCC4)c(N)c3)n2)ccc1C(=O)NCCN(C)C. The molecule has 0 aliphatic carbocycles. The van der Waals surface area contributed by atoms with Gasteiger partial charge in [-0.15, -0.1) is 0 Å². The number of nitrogens with zero attached hydrogens (tertiary/aromatic N) is 3. The maximum absolute atomic E-state index is 12.6. The summed E-state index contributed by atoms with van der Waals surface area (Å²) >= 11 is 0. The van der Waals surface area contributed by atoms with Crippen LogP contribution in [0.15, 0.2) is 48.7 Å². The van der Waals surface area contributed by atoms with Crippen LogP contribution in [0.25, 0.3) is 11.3 Å². The van der Waals surface area contributed by atoms with Gasteiger partial charge in [0, 0.05) is 49.4 Å². The van der Waals surface area contributed by atoms with Crippen molar-refractivity contribution in [3.8, 4) is 22.8 Å². The summed E-state index contributed by atoms with van der Waals surface area (Å²) in [5.74, 6) is 1.34. The van der Waals surface area contributed by atoms with E-state index >= 15 is 0 Å². The molecule has 0 unspecified atom stereocenters. The zero-order valence-electron chi connectivity index (χ0n) is 21.5. The molecule has 0 atom stereocenters. The van der Waals surface area contributed by atoms with Crippen molar-refractivity contribution in [3.63, 3.8) is 0 Å². The van der Waals surface area contributed by atoms with Crippen LogP contribution in [0.1, 0.15) is 23.2 Å². The van der Waals surface area contributed by atoms with E-state index in [2.05, 4.69) is 20.6 Å². The van der Waals surface area contributed by atoms with Gasteiger partial charge in [0.15, 0.2) is 0 Å². The topological polar surface area (TPSA) is 124 Å². The first-order valence-electron chi connectivity index (χ1n) is 12.3. The molecule has 0 saturated carbocycles. The van der Waals surface area contributed by atoms with Crippen molar-refractivity contribution in [1.82, 2.24) is 20.2 Å². The summed E-state index contributed by atoms with van der Waals surface area (Å²) < 4.78 is 16.9. The number of ether oxygens (including phenoxy) is 3. The minimum Gasteiger partial charge on any atom is -0.496 e. The number of amides is 1. The van der Waals surface area contributed by atoms with E-state index in [4.69, 9.17) is 19.9 Å². The van der Waals surface area contributed by atoms with Crippen molar-refractivity contribution in [2.24, 2.45) is 0 Å². The first-order chi connectivity index (χ1) is 17.9. The second-order valence-electron chi connectivity index (χ2n) is 9.05. The average molecular weight is 507 g/mol. The monoisotopic (exact) mass is 506 g/mol. The molecule has 10 heteroatoms. The van der Waals surface area contributed by atoms with Gasteiger partial charge in [0.1, 0.15) is 17.6 Å². The van der Waals surface area contributed by atoms with Crippen LogP contribution >= 0.6 is 0 Å². The van der Waals surface area contributed by atoms with E-state index in [1.54, 1.807) is 24.4 Å². The third-order valence-electron chi connectivity index (χ3n) is 5.97. The van der Waals surface area contributed by atoms with Crippen molar-refractivity contribution < 1.29 is 19.0 Å². The number of benzene rings is 2. The third-order valence-corrected chi connectivity index (χ3v) is 5.97. The number of rotatable bonds is 10. The molecule has 1 fully saturated rings. The largest absolute Gasteiger partial charge is 0.496 e. The van der Waals surface area contributed by atoms with Gasteiger partial charge in [-0.2, -0.15) is 0 Å². The summed E-state index contributed by atoms with van der Waals surface area (Å²) in [6.45, 7) is 2.71. The van der Waals surface area contributed by atoms with Crippen molar-refractivity contribution >= 4 is 23.2 Å². The zero-order valence-corrected chi connectivity index (χ0v) is 21.5. The van der Waals surface area contributed by atoms with E-state index in [0.717, 1.165) is 24.9 Å². The van der Waals surface area contributed by atoms with Crippen LogP contribution in [0.5, 0.6) is 11.5 Å². The molecular formula is C27H34N6O4. The Morgan fingerprint density at radius 1 is 1.14 bits per heavy atom. The lowest BCUT2D eigenvalue weighted by atomic mass is 10.1. The minimum atomic E-state index is -0.190. The highest BCUT2D eigenvalue weighted by molar-refractivity contribution is 5.97. The number of aromatic nitrogens is 2. The lowest BCUT2D eigenvalue weighted by molar-refractivity contribution is 0.0259. The number of nitrogens with two attached hydrogens (primary N) is 1. The maximum Gasteiger partial charge on any atom is 0.255 e. The van der Waals surface area contributed by atoms with Gasteiger partial charge >= 0.3 is 0 Å². The zero-order chi connectivity index (χ0) is 26.2. The van der Waals surface area contributed by atoms with Gasteiger partial charge in [-0.05, 0) is 50.5 Å². The van der Waals surface area contributed by atoms with Crippen LogP contribution in [-0.2, 0) is 4.74 Å². The molecule has 1 aliphatic rings. The number of carbonyl (C=O) groups is 1. The van der Waals surface area contributed by atoms with Crippen molar-refractivity contribution in [2.75, 3.05) is 58.6 Å². The summed E-state index contributed by atoms with van der Waals surface area (Å²) in [4.78, 5) is 23.5. The van der Waals surface area contributed by atoms with Gasteiger partial charge in [-0.1, -0.05) is 0 Å². The van der Waals surface area contributed by atoms with Crippen molar-refractivity contribution in [1.29, 1.82) is 0 Å². The molecular weight excluding hydrogens is 472 g/mol. The Hall–Kier alpha value is -3.89. The maximum atomic E-state index is 12.6. The Kier molecular flexibility index (Phi) is 8.76. The lowest BCUT2D eigenvalue weighted by Gasteiger charge is -2.24. The van der Waals surface area contributed by atoms with Crippen LogP contribution in [0.4, 0.5) is 17.3 Å². The van der Waals surface area contributed by atoms with Crippen LogP contribution in [0.2, 0.25) is 0 Å². The molecule has 4 N–H and O–H groups in total. The molecule has 0 spiro atoms. The molecule has 196 valence electrons. The fourth-order valence-electron chi connectivity index (χ4n) is 3.94. The number of nitrogen functional groups attached to an aromatic ring is 1. The summed E-state index contributed by atoms with van der Waals surface area (Å²) in [5.41, 5.74) is 9.56. The van der Waals surface area contributed by atoms with Crippen molar-refractivity contribution in [2.45, 2.75) is 18.9 Å². The fourth-order valence-corrected chi connectivity index (χ4v) is 3.94. The van der Waals surface area contributed by atoms with E-state index in [1.807, 2.05) is 43.3 Å². The summed E-state index contributed by atoms with van der Waals surface area (Å²) in [7, 11) is 5.45. The Bertz CT molecular complexity index is 1210. The molecule has 0 radical (unpaired) electrons. The summed E-state index contributed by atoms with van der Waals surface area (Å²) in [5, 5.41) is 6.09. The number of anilines is 3. The first kappa shape index (κ1) is 26.2. The first-order valence-corrected chi connectivity index (χ1v) is 12.3. The van der Waals surface area contributed by atoms with E-state index in [-0.39, 0.29) is 12.0 Å². The third kappa shape index (κ3) is 7.08. The van der Waals surface area contributed by atoms with Gasteiger partial charge in [0.2, 0.25) is 5.95 Å². The molecule has 1 aromatic heterocycles. The van der Waals surface area contributed by atoms with E-state index < -0.39 is 0 Å². The van der Waals surface area contributed by atoms with Gasteiger partial charge in [-0.3, -0.25) is 4.79 Å². The average Bonchev–Trinajstić information content (AvgIpc) is 2.90. The van der Waals surface area contributed by atoms with Crippen LogP contribution in [-0.4, -0.2) is 74.4 Å². The molecule has 3 aromatic rings. The number of methoxy groups -OCH3 is 1. The Labute approximate surface area is 217 Å². The van der Waals surface area contributed by atoms with Crippen LogP contribution in [0, 0.1) is 0 Å². The second-order valence-corrected chi connectivity index (χ2v) is 9.05. The van der Waals surface area contributed by atoms with Crippen LogP contribution in [0.3, 0.4) is 0 Å². The minimum absolute atomic E-state index is 0.115. The number of carbonyl (C=O) groups excluding carboxylic acids is 1. The van der Waals surface area contributed by atoms with Gasteiger partial charge < -0.3 is 35.5 Å². The number of nitrogens with one attached hydrogen (secondary N) is 2. The quantitative estimate of drug-likeness (QED) is 0.355. The standard InChI is InChI=1S/C27H34N6O4/c1-33(2)13-12-29-26(34)21-6-5-19(17-25(21)35-3)31-27-30-11-8-23(32-27)18-4-7-24(22(28)16-18)37-20-9-14-36-15-10-20/h4-8,11,16-17,20H,9-10,12-15,28H2,1-3H3,(H,29,34)(H,30,31,32). The fraction of sp³-hybridized carbons (Fsp3) is 0.370. The second kappa shape index (κ2) is 12.4. The normalized spacial score (nSPS) is 13.8. The Morgan fingerprint density at radius 3 is 2.68 bits per heavy atom. The molecule has 1 saturated heterocycles. The Morgan fingerprint density at radius 2 is 1.95 bits per heavy atom. The van der Waals surface area contributed by atoms with Crippen LogP contribution < -0.4 is 25.8 Å². The number of hydrogen-bond acceptors (Lipinski definition) is 9. The lowest BCUT2D eigenvalue weighted by Crippen LogP contribution is -2.31. The van der Waals surface area contributed by atoms with Gasteiger partial charge in [-0.25, -0.2) is 9.97 Å². The molecule has 1 amide bonds. The predicted octanol–water partition coefficient (Wildman–Crippen LogP) is 3.33. The van der Waals surface area contributed by atoms with Crippen molar-refractivity contribution in [3.05, 3.63) is 54.2 Å².